The van der Waals surface area contributed by atoms with Crippen molar-refractivity contribution in [3.05, 3.63) is 34.9 Å². The van der Waals surface area contributed by atoms with Crippen molar-refractivity contribution in [2.45, 2.75) is 46.5 Å². The van der Waals surface area contributed by atoms with E-state index >= 15 is 0 Å². The Morgan fingerprint density at radius 1 is 1.19 bits per heavy atom. The zero-order valence-corrected chi connectivity index (χ0v) is 11.4. The molecule has 0 bridgehead atoms. The summed E-state index contributed by atoms with van der Waals surface area (Å²) in [5.41, 5.74) is 4.57. The smallest absolute Gasteiger partial charge is 0.000837 e. The topological polar surface area (TPSA) is 12.0 Å². The summed E-state index contributed by atoms with van der Waals surface area (Å²) in [5.74, 6) is 0. The average Bonchev–Trinajstić information content (AvgIpc) is 2.19. The van der Waals surface area contributed by atoms with Gasteiger partial charge in [0.05, 0.1) is 0 Å². The molecule has 0 aliphatic heterocycles. The van der Waals surface area contributed by atoms with Crippen LogP contribution in [0.5, 0.6) is 0 Å². The molecule has 1 nitrogen and oxygen atoms in total. The second-order valence-electron chi connectivity index (χ2n) is 5.49. The Bertz CT molecular complexity index is 334. The van der Waals surface area contributed by atoms with E-state index in [9.17, 15) is 0 Å². The minimum Gasteiger partial charge on any atom is -0.317 e. The van der Waals surface area contributed by atoms with Gasteiger partial charge in [0, 0.05) is 0 Å². The van der Waals surface area contributed by atoms with Crippen LogP contribution in [-0.4, -0.2) is 13.1 Å². The summed E-state index contributed by atoms with van der Waals surface area (Å²) >= 11 is 0. The minimum absolute atomic E-state index is 0.255. The minimum atomic E-state index is 0.255. The molecule has 1 rings (SSSR count). The second kappa shape index (κ2) is 5.49. The largest absolute Gasteiger partial charge is 0.317 e. The Balaban J connectivity index is 2.76. The maximum absolute atomic E-state index is 3.37. The molecule has 90 valence electrons. The Morgan fingerprint density at radius 2 is 1.88 bits per heavy atom. The van der Waals surface area contributed by atoms with Gasteiger partial charge in [-0.1, -0.05) is 45.9 Å². The fourth-order valence-corrected chi connectivity index (χ4v) is 1.84. The highest BCUT2D eigenvalue weighted by Gasteiger charge is 2.14. The van der Waals surface area contributed by atoms with Crippen LogP contribution < -0.4 is 5.32 Å². The van der Waals surface area contributed by atoms with E-state index in [4.69, 9.17) is 0 Å². The van der Waals surface area contributed by atoms with Crippen molar-refractivity contribution in [2.24, 2.45) is 0 Å². The van der Waals surface area contributed by atoms with Crippen molar-refractivity contribution in [1.29, 1.82) is 0 Å². The SMILES string of the molecule is CCNCCc1ccc(C(C)(C)C)cc1C. The third kappa shape index (κ3) is 3.64. The molecule has 0 unspecified atom stereocenters. The van der Waals surface area contributed by atoms with E-state index in [1.807, 2.05) is 0 Å². The molecule has 16 heavy (non-hydrogen) atoms. The van der Waals surface area contributed by atoms with Crippen molar-refractivity contribution in [3.63, 3.8) is 0 Å². The molecule has 0 aliphatic rings. The molecule has 0 aliphatic carbocycles. The number of benzene rings is 1. The van der Waals surface area contributed by atoms with Gasteiger partial charge >= 0.3 is 0 Å². The van der Waals surface area contributed by atoms with Crippen LogP contribution in [0.2, 0.25) is 0 Å². The molecule has 0 atom stereocenters. The van der Waals surface area contributed by atoms with Gasteiger partial charge in [0.1, 0.15) is 0 Å². The summed E-state index contributed by atoms with van der Waals surface area (Å²) in [7, 11) is 0. The first-order valence-corrected chi connectivity index (χ1v) is 6.26. The molecule has 0 aromatic heterocycles. The van der Waals surface area contributed by atoms with Crippen molar-refractivity contribution >= 4 is 0 Å². The van der Waals surface area contributed by atoms with Crippen molar-refractivity contribution in [1.82, 2.24) is 5.32 Å². The third-order valence-corrected chi connectivity index (χ3v) is 3.03. The van der Waals surface area contributed by atoms with E-state index in [0.717, 1.165) is 19.5 Å². The van der Waals surface area contributed by atoms with Crippen LogP contribution >= 0.6 is 0 Å². The number of likely N-dealkylation sites (N-methyl/N-ethyl adjacent to an activating group) is 1. The monoisotopic (exact) mass is 219 g/mol. The lowest BCUT2D eigenvalue weighted by molar-refractivity contribution is 0.589. The van der Waals surface area contributed by atoms with Crippen LogP contribution in [0.1, 0.15) is 44.4 Å². The van der Waals surface area contributed by atoms with Gasteiger partial charge in [-0.2, -0.15) is 0 Å². The summed E-state index contributed by atoms with van der Waals surface area (Å²) in [4.78, 5) is 0. The first kappa shape index (κ1) is 13.2. The van der Waals surface area contributed by atoms with Crippen LogP contribution in [0.4, 0.5) is 0 Å². The van der Waals surface area contributed by atoms with E-state index in [0.29, 0.717) is 0 Å². The molecular formula is C15H25N. The van der Waals surface area contributed by atoms with Gasteiger partial charge in [-0.05, 0) is 48.5 Å². The molecule has 1 aromatic carbocycles. The number of rotatable bonds is 4. The standard InChI is InChI=1S/C15H25N/c1-6-16-10-9-13-7-8-14(11-12(13)2)15(3,4)5/h7-8,11,16H,6,9-10H2,1-5H3. The highest BCUT2D eigenvalue weighted by Crippen LogP contribution is 2.24. The van der Waals surface area contributed by atoms with Crippen LogP contribution in [0.3, 0.4) is 0 Å². The summed E-state index contributed by atoms with van der Waals surface area (Å²) < 4.78 is 0. The zero-order chi connectivity index (χ0) is 12.2. The summed E-state index contributed by atoms with van der Waals surface area (Å²) in [6, 6.07) is 6.89. The molecular weight excluding hydrogens is 194 g/mol. The molecule has 1 N–H and O–H groups in total. The zero-order valence-electron chi connectivity index (χ0n) is 11.4. The van der Waals surface area contributed by atoms with E-state index in [1.165, 1.54) is 16.7 Å². The van der Waals surface area contributed by atoms with Crippen molar-refractivity contribution in [2.75, 3.05) is 13.1 Å². The molecule has 0 saturated carbocycles. The van der Waals surface area contributed by atoms with Crippen LogP contribution in [-0.2, 0) is 11.8 Å². The molecule has 0 heterocycles. The van der Waals surface area contributed by atoms with E-state index in [1.54, 1.807) is 0 Å². The quantitative estimate of drug-likeness (QED) is 0.765. The van der Waals surface area contributed by atoms with Gasteiger partial charge in [0.2, 0.25) is 0 Å². The first-order chi connectivity index (χ1) is 7.45. The Labute approximate surface area is 100 Å². The molecule has 0 amide bonds. The maximum Gasteiger partial charge on any atom is -0.000837 e. The summed E-state index contributed by atoms with van der Waals surface area (Å²) in [6.45, 7) is 13.3. The molecule has 0 fully saturated rings. The van der Waals surface area contributed by atoms with Gasteiger partial charge in [-0.15, -0.1) is 0 Å². The van der Waals surface area contributed by atoms with Crippen LogP contribution in [0.25, 0.3) is 0 Å². The van der Waals surface area contributed by atoms with Crippen LogP contribution in [0.15, 0.2) is 18.2 Å². The van der Waals surface area contributed by atoms with Gasteiger partial charge < -0.3 is 5.32 Å². The average molecular weight is 219 g/mol. The highest BCUT2D eigenvalue weighted by molar-refractivity contribution is 5.34. The lowest BCUT2D eigenvalue weighted by Crippen LogP contribution is -2.17. The summed E-state index contributed by atoms with van der Waals surface area (Å²) in [6.07, 6.45) is 1.13. The second-order valence-corrected chi connectivity index (χ2v) is 5.49. The molecule has 0 spiro atoms. The van der Waals surface area contributed by atoms with E-state index in [-0.39, 0.29) is 5.41 Å². The number of hydrogen-bond donors (Lipinski definition) is 1. The normalized spacial score (nSPS) is 11.8. The predicted octanol–water partition coefficient (Wildman–Crippen LogP) is 3.44. The Kier molecular flexibility index (Phi) is 4.55. The Morgan fingerprint density at radius 3 is 2.38 bits per heavy atom. The lowest BCUT2D eigenvalue weighted by Gasteiger charge is -2.20. The van der Waals surface area contributed by atoms with Gasteiger partial charge in [0.15, 0.2) is 0 Å². The van der Waals surface area contributed by atoms with E-state index in [2.05, 4.69) is 58.1 Å². The summed E-state index contributed by atoms with van der Waals surface area (Å²) in [5, 5.41) is 3.37. The first-order valence-electron chi connectivity index (χ1n) is 6.26. The number of aryl methyl sites for hydroxylation is 1. The lowest BCUT2D eigenvalue weighted by atomic mass is 9.85. The number of hydrogen-bond acceptors (Lipinski definition) is 1. The third-order valence-electron chi connectivity index (χ3n) is 3.03. The van der Waals surface area contributed by atoms with Gasteiger partial charge in [-0.3, -0.25) is 0 Å². The molecule has 0 radical (unpaired) electrons. The Hall–Kier alpha value is -0.820. The molecule has 0 saturated heterocycles. The fourth-order valence-electron chi connectivity index (χ4n) is 1.84. The van der Waals surface area contributed by atoms with Gasteiger partial charge in [0.25, 0.3) is 0 Å². The number of nitrogens with one attached hydrogen (secondary N) is 1. The van der Waals surface area contributed by atoms with E-state index < -0.39 is 0 Å². The maximum atomic E-state index is 3.37. The molecule has 1 aromatic rings. The van der Waals surface area contributed by atoms with Crippen molar-refractivity contribution in [3.8, 4) is 0 Å². The molecule has 1 heteroatoms. The fraction of sp³-hybridized carbons (Fsp3) is 0.600. The predicted molar refractivity (Wildman–Crippen MR) is 72.1 cm³/mol. The highest BCUT2D eigenvalue weighted by atomic mass is 14.8. The van der Waals surface area contributed by atoms with Crippen LogP contribution in [0, 0.1) is 6.92 Å². The van der Waals surface area contributed by atoms with Crippen molar-refractivity contribution < 1.29 is 0 Å². The van der Waals surface area contributed by atoms with Gasteiger partial charge in [-0.25, -0.2) is 0 Å².